The molecule has 0 fully saturated rings. The molecule has 0 bridgehead atoms. The summed E-state index contributed by atoms with van der Waals surface area (Å²) in [5.41, 5.74) is 5.13. The second-order valence-corrected chi connectivity index (χ2v) is 9.48. The Hall–Kier alpha value is -3.37. The first-order valence-electron chi connectivity index (χ1n) is 11.3. The zero-order valence-corrected chi connectivity index (χ0v) is 19.8. The highest BCUT2D eigenvalue weighted by atomic mass is 16.5. The molecule has 2 heterocycles. The Bertz CT molecular complexity index is 1260. The maximum absolute atomic E-state index is 13.2. The van der Waals surface area contributed by atoms with Crippen LogP contribution in [0.5, 0.6) is 5.75 Å². The van der Waals surface area contributed by atoms with Gasteiger partial charge in [-0.2, -0.15) is 0 Å². The van der Waals surface area contributed by atoms with Gasteiger partial charge < -0.3 is 14.4 Å². The maximum atomic E-state index is 13.2. The van der Waals surface area contributed by atoms with E-state index in [2.05, 4.69) is 63.1 Å². The molecule has 3 aromatic carbocycles. The van der Waals surface area contributed by atoms with Crippen LogP contribution in [-0.4, -0.2) is 25.7 Å². The minimum Gasteiger partial charge on any atom is -0.463 e. The zero-order chi connectivity index (χ0) is 23.4. The predicted octanol–water partition coefficient (Wildman–Crippen LogP) is 6.09. The summed E-state index contributed by atoms with van der Waals surface area (Å²) in [6.07, 6.45) is 3.57. The van der Waals surface area contributed by atoms with E-state index < -0.39 is 11.8 Å². The lowest BCUT2D eigenvalue weighted by Crippen LogP contribution is -2.58. The number of hydrogen-bond donors (Lipinski definition) is 0. The molecule has 4 heteroatoms. The van der Waals surface area contributed by atoms with Crippen molar-refractivity contribution in [2.45, 2.75) is 38.0 Å². The number of carbonyl (C=O) groups is 1. The number of anilines is 1. The number of aryl methyl sites for hydroxylation is 1. The molecule has 0 amide bonds. The molecule has 33 heavy (non-hydrogen) atoms. The van der Waals surface area contributed by atoms with Crippen molar-refractivity contribution in [1.82, 2.24) is 0 Å². The van der Waals surface area contributed by atoms with E-state index in [0.717, 1.165) is 16.9 Å². The van der Waals surface area contributed by atoms with E-state index in [4.69, 9.17) is 9.47 Å². The summed E-state index contributed by atoms with van der Waals surface area (Å²) >= 11 is 0. The van der Waals surface area contributed by atoms with E-state index in [0.29, 0.717) is 5.56 Å². The molecule has 2 aliphatic rings. The highest BCUT2D eigenvalue weighted by Gasteiger charge is 2.57. The van der Waals surface area contributed by atoms with E-state index in [-0.39, 0.29) is 11.2 Å². The summed E-state index contributed by atoms with van der Waals surface area (Å²) < 4.78 is 12.3. The minimum absolute atomic E-state index is 0.0682. The van der Waals surface area contributed by atoms with Gasteiger partial charge in [0, 0.05) is 31.0 Å². The average molecular weight is 440 g/mol. The summed E-state index contributed by atoms with van der Waals surface area (Å²) in [7, 11) is 3.65. The van der Waals surface area contributed by atoms with Gasteiger partial charge in [0.25, 0.3) is 0 Å². The van der Waals surface area contributed by atoms with Gasteiger partial charge in [-0.3, -0.25) is 4.79 Å². The summed E-state index contributed by atoms with van der Waals surface area (Å²) in [6, 6.07) is 21.8. The molecule has 0 radical (unpaired) electrons. The normalized spacial score (nSPS) is 20.8. The molecular weight excluding hydrogens is 410 g/mol. The topological polar surface area (TPSA) is 38.8 Å². The fourth-order valence-electron chi connectivity index (χ4n) is 5.25. The van der Waals surface area contributed by atoms with Crippen LogP contribution < -0.4 is 9.64 Å². The second kappa shape index (κ2) is 7.60. The van der Waals surface area contributed by atoms with Crippen molar-refractivity contribution >= 4 is 17.5 Å². The van der Waals surface area contributed by atoms with Gasteiger partial charge in [-0.05, 0) is 68.3 Å². The summed E-state index contributed by atoms with van der Waals surface area (Å²) in [5.74, 6) is 0.702. The van der Waals surface area contributed by atoms with Crippen LogP contribution in [0.1, 0.15) is 52.6 Å². The lowest BCUT2D eigenvalue weighted by Gasteiger charge is -2.45. The van der Waals surface area contributed by atoms with E-state index >= 15 is 0 Å². The summed E-state index contributed by atoms with van der Waals surface area (Å²) in [4.78, 5) is 15.5. The number of ether oxygens (including phenoxy) is 2. The number of nitrogens with zero attached hydrogens (tertiary/aromatic N) is 1. The van der Waals surface area contributed by atoms with Crippen LogP contribution in [0.25, 0.3) is 6.08 Å². The van der Waals surface area contributed by atoms with Crippen molar-refractivity contribution in [2.24, 2.45) is 0 Å². The van der Waals surface area contributed by atoms with Gasteiger partial charge in [0.15, 0.2) is 5.78 Å². The molecule has 2 aliphatic heterocycles. The molecule has 2 unspecified atom stereocenters. The number of Topliss-reactive ketones (excluding diaryl/α,β-unsaturated/α-hetero) is 1. The highest BCUT2D eigenvalue weighted by molar-refractivity contribution is 6.00. The molecule has 5 rings (SSSR count). The number of methoxy groups -OCH3 is 1. The Labute approximate surface area is 195 Å². The number of likely N-dealkylation sites (N-methyl/N-ethyl adjacent to an activating group) is 1. The van der Waals surface area contributed by atoms with Crippen LogP contribution in [0, 0.1) is 6.92 Å². The van der Waals surface area contributed by atoms with Crippen molar-refractivity contribution in [3.05, 3.63) is 101 Å². The molecule has 168 valence electrons. The van der Waals surface area contributed by atoms with Crippen LogP contribution in [0.2, 0.25) is 0 Å². The van der Waals surface area contributed by atoms with Crippen molar-refractivity contribution in [2.75, 3.05) is 19.1 Å². The molecule has 0 saturated carbocycles. The summed E-state index contributed by atoms with van der Waals surface area (Å²) in [6.45, 7) is 6.57. The third kappa shape index (κ3) is 3.12. The number of rotatable bonds is 4. The minimum atomic E-state index is -0.638. The Kier molecular flexibility index (Phi) is 4.95. The fraction of sp³-hybridized carbons (Fsp3) is 0.276. The van der Waals surface area contributed by atoms with E-state index in [1.807, 2.05) is 48.5 Å². The molecule has 1 spiro atoms. The first-order chi connectivity index (χ1) is 15.8. The van der Waals surface area contributed by atoms with Crippen LogP contribution >= 0.6 is 0 Å². The van der Waals surface area contributed by atoms with Gasteiger partial charge in [-0.25, -0.2) is 0 Å². The van der Waals surface area contributed by atoms with Crippen LogP contribution in [0.4, 0.5) is 5.69 Å². The largest absolute Gasteiger partial charge is 0.463 e. The van der Waals surface area contributed by atoms with Crippen LogP contribution in [-0.2, 0) is 10.2 Å². The fourth-order valence-corrected chi connectivity index (χ4v) is 5.25. The lowest BCUT2D eigenvalue weighted by molar-refractivity contribution is 0.0576. The van der Waals surface area contributed by atoms with Gasteiger partial charge in [-0.15, -0.1) is 0 Å². The Morgan fingerprint density at radius 3 is 2.52 bits per heavy atom. The molecular formula is C29H29NO3. The number of hydrogen-bond acceptors (Lipinski definition) is 4. The second-order valence-electron chi connectivity index (χ2n) is 9.48. The third-order valence-corrected chi connectivity index (χ3v) is 7.21. The van der Waals surface area contributed by atoms with Crippen LogP contribution in [0.3, 0.4) is 0 Å². The summed E-state index contributed by atoms with van der Waals surface area (Å²) in [5, 5.41) is 0. The average Bonchev–Trinajstić information content (AvgIpc) is 2.97. The first-order valence-corrected chi connectivity index (χ1v) is 11.3. The standard InChI is InChI=1S/C29H29NO3/c1-19-11-13-24-23(17-19)28(2,3)29(30(24)4)16-15-21-18-22(12-14-25(21)33-29)26(31)27(32-5)20-9-7-6-8-10-20/h6-18,27H,1-5H3. The highest BCUT2D eigenvalue weighted by Crippen LogP contribution is 2.54. The molecule has 2 atom stereocenters. The Morgan fingerprint density at radius 2 is 1.79 bits per heavy atom. The Balaban J connectivity index is 1.50. The quantitative estimate of drug-likeness (QED) is 0.461. The van der Waals surface area contributed by atoms with Gasteiger partial charge in [0.05, 0.1) is 5.41 Å². The predicted molar refractivity (Wildman–Crippen MR) is 132 cm³/mol. The smallest absolute Gasteiger partial charge is 0.211 e. The molecule has 3 aromatic rings. The molecule has 0 aliphatic carbocycles. The van der Waals surface area contributed by atoms with E-state index in [1.54, 1.807) is 7.11 Å². The van der Waals surface area contributed by atoms with Gasteiger partial charge in [0.2, 0.25) is 5.72 Å². The maximum Gasteiger partial charge on any atom is 0.211 e. The molecule has 0 N–H and O–H groups in total. The Morgan fingerprint density at radius 1 is 1.03 bits per heavy atom. The molecule has 0 aromatic heterocycles. The van der Waals surface area contributed by atoms with Crippen LogP contribution in [0.15, 0.2) is 72.8 Å². The molecule has 0 saturated heterocycles. The van der Waals surface area contributed by atoms with Gasteiger partial charge in [0.1, 0.15) is 11.9 Å². The van der Waals surface area contributed by atoms with E-state index in [1.165, 1.54) is 16.8 Å². The third-order valence-electron chi connectivity index (χ3n) is 7.21. The number of benzene rings is 3. The lowest BCUT2D eigenvalue weighted by atomic mass is 9.76. The van der Waals surface area contributed by atoms with Crippen molar-refractivity contribution < 1.29 is 14.3 Å². The van der Waals surface area contributed by atoms with Gasteiger partial charge >= 0.3 is 0 Å². The van der Waals surface area contributed by atoms with Crippen molar-refractivity contribution in [1.29, 1.82) is 0 Å². The van der Waals surface area contributed by atoms with Crippen molar-refractivity contribution in [3.8, 4) is 5.75 Å². The van der Waals surface area contributed by atoms with Crippen molar-refractivity contribution in [3.63, 3.8) is 0 Å². The first kappa shape index (κ1) is 21.5. The van der Waals surface area contributed by atoms with Gasteiger partial charge in [-0.1, -0.05) is 48.0 Å². The van der Waals surface area contributed by atoms with E-state index in [9.17, 15) is 4.79 Å². The monoisotopic (exact) mass is 439 g/mol. The number of ketones is 1. The number of fused-ring (bicyclic) bond motifs is 2. The molecule has 4 nitrogen and oxygen atoms in total. The zero-order valence-electron chi connectivity index (χ0n) is 19.8. The SMILES string of the molecule is COC(C(=O)c1ccc2c(c1)C=CC1(O2)N(C)c2ccc(C)cc2C1(C)C)c1ccccc1. The number of carbonyl (C=O) groups excluding carboxylic acids is 1.